The second kappa shape index (κ2) is 10.2. The molecule has 0 bridgehead atoms. The lowest BCUT2D eigenvalue weighted by atomic mass is 9.95. The van der Waals surface area contributed by atoms with E-state index in [1.807, 2.05) is 20.8 Å². The molecule has 2 aromatic carbocycles. The summed E-state index contributed by atoms with van der Waals surface area (Å²) in [5, 5.41) is 0.210. The third-order valence-electron chi connectivity index (χ3n) is 7.32. The molecule has 3 heterocycles. The van der Waals surface area contributed by atoms with Gasteiger partial charge < -0.3 is 9.64 Å². The van der Waals surface area contributed by atoms with Gasteiger partial charge in [0.05, 0.1) is 23.2 Å². The molecule has 41 heavy (non-hydrogen) atoms. The first kappa shape index (κ1) is 29.2. The number of aromatic nitrogens is 2. The first-order valence-corrected chi connectivity index (χ1v) is 14.4. The molecule has 220 valence electrons. The van der Waals surface area contributed by atoms with Crippen LogP contribution in [0.3, 0.4) is 0 Å². The second-order valence-corrected chi connectivity index (χ2v) is 12.8. The lowest BCUT2D eigenvalue weighted by Crippen LogP contribution is -2.59. The number of anilines is 1. The van der Waals surface area contributed by atoms with Gasteiger partial charge in [-0.1, -0.05) is 12.1 Å². The van der Waals surface area contributed by atoms with Crippen molar-refractivity contribution in [3.63, 3.8) is 0 Å². The molecule has 12 heteroatoms. The number of halogens is 4. The number of hydrogen-bond acceptors (Lipinski definition) is 6. The van der Waals surface area contributed by atoms with Crippen molar-refractivity contribution < 1.29 is 27.1 Å². The summed E-state index contributed by atoms with van der Waals surface area (Å²) in [4.78, 5) is 34.4. The maximum absolute atomic E-state index is 14.7. The Morgan fingerprint density at radius 3 is 2.20 bits per heavy atom. The number of carbonyl (C=O) groups excluding carboxylic acids is 1. The standard InChI is InChI=1S/C29H32F4N4O3S/c1-15-12-35(13-16(2)36(15)27(39)40-28(4,5)6)25-20-11-21(29(31,32)33)22(18-7-9-19(30)10-8-18)24-23(20)37(26(38)34-25)17(3)14-41-24/h7-11,15-17H,12-14H2,1-6H3/t15-,16+,17?. The van der Waals surface area contributed by atoms with Crippen molar-refractivity contribution >= 4 is 34.6 Å². The fourth-order valence-corrected chi connectivity index (χ4v) is 7.00. The number of alkyl halides is 3. The van der Waals surface area contributed by atoms with E-state index in [4.69, 9.17) is 4.74 Å². The van der Waals surface area contributed by atoms with Crippen LogP contribution in [0.4, 0.5) is 28.2 Å². The molecule has 0 radical (unpaired) electrons. The van der Waals surface area contributed by atoms with Crippen molar-refractivity contribution in [1.82, 2.24) is 14.5 Å². The first-order valence-electron chi connectivity index (χ1n) is 13.4. The summed E-state index contributed by atoms with van der Waals surface area (Å²) in [6, 6.07) is 4.92. The molecule has 5 rings (SSSR count). The molecule has 0 saturated carbocycles. The summed E-state index contributed by atoms with van der Waals surface area (Å²) in [6.45, 7) is 11.3. The van der Waals surface area contributed by atoms with E-state index in [-0.39, 0.29) is 53.5 Å². The highest BCUT2D eigenvalue weighted by Gasteiger charge is 2.41. The molecule has 0 aliphatic carbocycles. The van der Waals surface area contributed by atoms with Gasteiger partial charge in [0.25, 0.3) is 0 Å². The monoisotopic (exact) mass is 592 g/mol. The van der Waals surface area contributed by atoms with Gasteiger partial charge in [0, 0.05) is 40.7 Å². The van der Waals surface area contributed by atoms with Crippen LogP contribution in [0, 0.1) is 5.82 Å². The number of hydrogen-bond donors (Lipinski definition) is 0. The first-order chi connectivity index (χ1) is 19.1. The van der Waals surface area contributed by atoms with Crippen molar-refractivity contribution in [3.05, 3.63) is 52.2 Å². The Kier molecular flexibility index (Phi) is 7.28. The number of ether oxygens (including phenoxy) is 1. The number of thioether (sulfide) groups is 1. The Hall–Kier alpha value is -3.28. The minimum atomic E-state index is -4.73. The van der Waals surface area contributed by atoms with Gasteiger partial charge in [-0.15, -0.1) is 11.8 Å². The SMILES string of the molecule is CC1CSc2c(-c3ccc(F)cc3)c(C(F)(F)F)cc3c(N4C[C@@H](C)N(C(=O)OC(C)(C)C)[C@@H](C)C4)nc(=O)n1c23. The smallest absolute Gasteiger partial charge is 0.417 e. The van der Waals surface area contributed by atoms with Crippen LogP contribution < -0.4 is 10.6 Å². The van der Waals surface area contributed by atoms with E-state index in [9.17, 15) is 27.2 Å². The van der Waals surface area contributed by atoms with Gasteiger partial charge in [0.1, 0.15) is 17.2 Å². The fraction of sp³-hybridized carbons (Fsp3) is 0.483. The van der Waals surface area contributed by atoms with Gasteiger partial charge >= 0.3 is 18.0 Å². The molecular formula is C29H32F4N4O3S. The number of carbonyl (C=O) groups is 1. The lowest BCUT2D eigenvalue weighted by Gasteiger charge is -2.45. The van der Waals surface area contributed by atoms with Crippen LogP contribution in [0.25, 0.3) is 22.0 Å². The van der Waals surface area contributed by atoms with Gasteiger partial charge in [-0.25, -0.2) is 14.0 Å². The van der Waals surface area contributed by atoms with Gasteiger partial charge in [-0.3, -0.25) is 9.47 Å². The van der Waals surface area contributed by atoms with Crippen molar-refractivity contribution in [2.24, 2.45) is 0 Å². The summed E-state index contributed by atoms with van der Waals surface area (Å²) in [6.07, 6.45) is -5.21. The maximum Gasteiger partial charge on any atom is 0.417 e. The average Bonchev–Trinajstić information content (AvgIpc) is 2.84. The van der Waals surface area contributed by atoms with Crippen LogP contribution in [0.5, 0.6) is 0 Å². The topological polar surface area (TPSA) is 67.7 Å². The molecule has 1 amide bonds. The zero-order chi connectivity index (χ0) is 30.0. The lowest BCUT2D eigenvalue weighted by molar-refractivity contribution is -0.137. The minimum absolute atomic E-state index is 0.0799. The minimum Gasteiger partial charge on any atom is -0.444 e. The van der Waals surface area contributed by atoms with E-state index in [0.29, 0.717) is 16.2 Å². The van der Waals surface area contributed by atoms with Gasteiger partial charge in [-0.2, -0.15) is 18.2 Å². The largest absolute Gasteiger partial charge is 0.444 e. The molecule has 1 aromatic heterocycles. The highest BCUT2D eigenvalue weighted by molar-refractivity contribution is 7.99. The van der Waals surface area contributed by atoms with Crippen molar-refractivity contribution in [2.45, 2.75) is 76.3 Å². The predicted octanol–water partition coefficient (Wildman–Crippen LogP) is 6.72. The van der Waals surface area contributed by atoms with Crippen LogP contribution in [0.1, 0.15) is 53.1 Å². The third-order valence-corrected chi connectivity index (χ3v) is 8.65. The molecule has 2 aliphatic heterocycles. The molecule has 2 aliphatic rings. The quantitative estimate of drug-likeness (QED) is 0.308. The summed E-state index contributed by atoms with van der Waals surface area (Å²) in [5.41, 5.74) is -1.61. The van der Waals surface area contributed by atoms with Crippen molar-refractivity contribution in [2.75, 3.05) is 23.7 Å². The average molecular weight is 593 g/mol. The molecule has 0 N–H and O–H groups in total. The third kappa shape index (κ3) is 5.38. The predicted molar refractivity (Wildman–Crippen MR) is 151 cm³/mol. The van der Waals surface area contributed by atoms with Gasteiger partial charge in [-0.05, 0) is 65.3 Å². The highest BCUT2D eigenvalue weighted by Crippen LogP contribution is 2.49. The second-order valence-electron chi connectivity index (χ2n) is 11.8. The molecule has 3 atom stereocenters. The number of rotatable bonds is 2. The van der Waals surface area contributed by atoms with E-state index in [1.54, 1.807) is 30.6 Å². The Bertz CT molecular complexity index is 1550. The molecular weight excluding hydrogens is 560 g/mol. The molecule has 0 spiro atoms. The normalized spacial score (nSPS) is 21.4. The Morgan fingerprint density at radius 2 is 1.63 bits per heavy atom. The Labute approximate surface area is 239 Å². The molecule has 1 fully saturated rings. The van der Waals surface area contributed by atoms with Gasteiger partial charge in [0.2, 0.25) is 0 Å². The van der Waals surface area contributed by atoms with Crippen LogP contribution in [0.2, 0.25) is 0 Å². The number of nitrogens with zero attached hydrogens (tertiary/aromatic N) is 4. The van der Waals surface area contributed by atoms with Crippen LogP contribution in [0.15, 0.2) is 40.0 Å². The fourth-order valence-electron chi connectivity index (χ4n) is 5.72. The molecule has 7 nitrogen and oxygen atoms in total. The van der Waals surface area contributed by atoms with E-state index in [0.717, 1.165) is 18.2 Å². The summed E-state index contributed by atoms with van der Waals surface area (Å²) >= 11 is 1.25. The summed E-state index contributed by atoms with van der Waals surface area (Å²) in [7, 11) is 0. The molecule has 1 saturated heterocycles. The Morgan fingerprint density at radius 1 is 1.02 bits per heavy atom. The van der Waals surface area contributed by atoms with E-state index < -0.39 is 34.9 Å². The molecule has 1 unspecified atom stereocenters. The van der Waals surface area contributed by atoms with E-state index >= 15 is 0 Å². The van der Waals surface area contributed by atoms with Crippen LogP contribution >= 0.6 is 11.8 Å². The van der Waals surface area contributed by atoms with Crippen LogP contribution in [-0.2, 0) is 10.9 Å². The zero-order valence-electron chi connectivity index (χ0n) is 23.7. The van der Waals surface area contributed by atoms with E-state index in [2.05, 4.69) is 4.98 Å². The van der Waals surface area contributed by atoms with E-state index in [1.165, 1.54) is 28.5 Å². The molecule has 3 aromatic rings. The summed E-state index contributed by atoms with van der Waals surface area (Å²) < 4.78 is 64.7. The number of benzene rings is 2. The maximum atomic E-state index is 14.7. The van der Waals surface area contributed by atoms with Crippen molar-refractivity contribution in [3.8, 4) is 11.1 Å². The number of amides is 1. The summed E-state index contributed by atoms with van der Waals surface area (Å²) in [5.74, 6) is -0.0349. The van der Waals surface area contributed by atoms with Crippen molar-refractivity contribution in [1.29, 1.82) is 0 Å². The van der Waals surface area contributed by atoms with Crippen LogP contribution in [-0.4, -0.2) is 57.1 Å². The number of piperazine rings is 1. The Balaban J connectivity index is 1.71. The van der Waals surface area contributed by atoms with Gasteiger partial charge in [0.15, 0.2) is 0 Å². The highest BCUT2D eigenvalue weighted by atomic mass is 32.2. The zero-order valence-corrected chi connectivity index (χ0v) is 24.5.